The molecule has 10 heteroatoms. The van der Waals surface area contributed by atoms with Crippen molar-refractivity contribution >= 4 is 52.5 Å². The number of amides is 1. The molecule has 0 spiro atoms. The largest absolute Gasteiger partial charge is 0.448 e. The van der Waals surface area contributed by atoms with Crippen LogP contribution < -0.4 is 4.57 Å². The van der Waals surface area contributed by atoms with Crippen LogP contribution in [0.25, 0.3) is 11.3 Å². The van der Waals surface area contributed by atoms with Gasteiger partial charge in [-0.15, -0.1) is 23.1 Å². The molecule has 0 saturated carbocycles. The highest BCUT2D eigenvalue weighted by Crippen LogP contribution is 2.49. The van der Waals surface area contributed by atoms with Crippen LogP contribution in [-0.4, -0.2) is 38.7 Å². The second kappa shape index (κ2) is 14.3. The Bertz CT molecular complexity index is 1930. The summed E-state index contributed by atoms with van der Waals surface area (Å²) in [6.45, 7) is 0. The highest BCUT2D eigenvalue weighted by Gasteiger charge is 2.54. The molecule has 0 N–H and O–H groups in total. The third kappa shape index (κ3) is 6.87. The number of hydrogen-bond donors (Lipinski definition) is 0. The Kier molecular flexibility index (Phi) is 9.56. The van der Waals surface area contributed by atoms with Crippen molar-refractivity contribution in [3.8, 4) is 11.3 Å². The summed E-state index contributed by atoms with van der Waals surface area (Å²) in [6.07, 6.45) is 3.69. The predicted octanol–water partition coefficient (Wildman–Crippen LogP) is 7.00. The highest BCUT2D eigenvalue weighted by molar-refractivity contribution is 8.07. The third-order valence-electron chi connectivity index (χ3n) is 8.33. The van der Waals surface area contributed by atoms with E-state index in [1.54, 1.807) is 16.7 Å². The van der Waals surface area contributed by atoms with Crippen LogP contribution in [0.1, 0.15) is 29.2 Å². The van der Waals surface area contributed by atoms with Gasteiger partial charge in [-0.3, -0.25) is 14.5 Å². The van der Waals surface area contributed by atoms with Crippen LogP contribution in [-0.2, 0) is 32.6 Å². The fraction of sp³-hybridized carbons (Fsp3) is 0.184. The van der Waals surface area contributed by atoms with Crippen LogP contribution >= 0.6 is 34.9 Å². The molecule has 4 heterocycles. The zero-order valence-corrected chi connectivity index (χ0v) is 28.5. The Morgan fingerprint density at radius 3 is 2.21 bits per heavy atom. The van der Waals surface area contributed by atoms with Crippen LogP contribution in [0.15, 0.2) is 136 Å². The van der Waals surface area contributed by atoms with E-state index >= 15 is 0 Å². The second-order valence-electron chi connectivity index (χ2n) is 11.7. The summed E-state index contributed by atoms with van der Waals surface area (Å²) in [4.78, 5) is 48.4. The van der Waals surface area contributed by atoms with Gasteiger partial charge in [-0.2, -0.15) is 0 Å². The Labute approximate surface area is 291 Å². The lowest BCUT2D eigenvalue weighted by atomic mass is 9.89. The average Bonchev–Trinajstić information content (AvgIpc) is 3.59. The SMILES string of the molecule is C[n+]1ccc(-c2csc(SC3=C(C(=O)OC(c4ccccc4)c4ccccc4)N4C(=O)[C@@H](CC(=O)Cc5ccccc5)[C@H]4SC3)n2)cc1. The third-order valence-corrected chi connectivity index (χ3v) is 11.9. The fourth-order valence-corrected chi connectivity index (χ4v) is 9.42. The zero-order chi connectivity index (χ0) is 33.0. The van der Waals surface area contributed by atoms with Gasteiger partial charge in [0.1, 0.15) is 18.5 Å². The number of β-lactam (4-membered cyclic amide) rings is 1. The van der Waals surface area contributed by atoms with Crippen molar-refractivity contribution in [3.63, 3.8) is 0 Å². The maximum absolute atomic E-state index is 14.3. The first-order valence-corrected chi connectivity index (χ1v) is 18.3. The number of thioether (sulfide) groups is 2. The van der Waals surface area contributed by atoms with E-state index in [1.165, 1.54) is 23.1 Å². The van der Waals surface area contributed by atoms with Crippen molar-refractivity contribution in [1.29, 1.82) is 0 Å². The van der Waals surface area contributed by atoms with Crippen LogP contribution in [0.5, 0.6) is 0 Å². The summed E-state index contributed by atoms with van der Waals surface area (Å²) < 4.78 is 9.05. The number of carbonyl (C=O) groups is 3. The predicted molar refractivity (Wildman–Crippen MR) is 189 cm³/mol. The summed E-state index contributed by atoms with van der Waals surface area (Å²) >= 11 is 4.47. The summed E-state index contributed by atoms with van der Waals surface area (Å²) in [7, 11) is 1.97. The second-order valence-corrected chi connectivity index (χ2v) is 15.0. The summed E-state index contributed by atoms with van der Waals surface area (Å²) in [5.74, 6) is -0.803. The number of fused-ring (bicyclic) bond motifs is 1. The van der Waals surface area contributed by atoms with Crippen molar-refractivity contribution in [3.05, 3.63) is 148 Å². The molecule has 2 atom stereocenters. The van der Waals surface area contributed by atoms with Crippen LogP contribution in [0.4, 0.5) is 0 Å². The number of nitrogens with zero attached hydrogens (tertiary/aromatic N) is 3. The number of pyridine rings is 1. The zero-order valence-electron chi connectivity index (χ0n) is 26.1. The van der Waals surface area contributed by atoms with E-state index in [0.717, 1.165) is 32.3 Å². The summed E-state index contributed by atoms with van der Waals surface area (Å²) in [5, 5.41) is 1.67. The van der Waals surface area contributed by atoms with E-state index in [9.17, 15) is 14.4 Å². The molecule has 1 amide bonds. The highest BCUT2D eigenvalue weighted by atomic mass is 32.2. The molecule has 0 aliphatic carbocycles. The molecule has 5 aromatic rings. The van der Waals surface area contributed by atoms with Crippen LogP contribution in [0.2, 0.25) is 0 Å². The van der Waals surface area contributed by atoms with Gasteiger partial charge in [0.05, 0.1) is 17.0 Å². The van der Waals surface area contributed by atoms with E-state index < -0.39 is 18.0 Å². The number of carbonyl (C=O) groups excluding carboxylic acids is 3. The number of Topliss-reactive ketones (excluding diaryl/α,β-unsaturated/α-hetero) is 1. The molecule has 2 aromatic heterocycles. The molecule has 0 bridgehead atoms. The summed E-state index contributed by atoms with van der Waals surface area (Å²) in [6, 6.07) is 32.8. The van der Waals surface area contributed by atoms with Gasteiger partial charge in [-0.25, -0.2) is 14.3 Å². The molecule has 2 aliphatic rings. The van der Waals surface area contributed by atoms with Crippen LogP contribution in [0.3, 0.4) is 0 Å². The molecule has 7 rings (SSSR count). The number of ether oxygens (including phenoxy) is 1. The molecule has 1 saturated heterocycles. The molecular weight excluding hydrogens is 659 g/mol. The fourth-order valence-electron chi connectivity index (χ4n) is 5.90. The number of benzene rings is 3. The number of thiazole rings is 1. The van der Waals surface area contributed by atoms with Gasteiger partial charge in [0.25, 0.3) is 0 Å². The normalized spacial score (nSPS) is 17.2. The minimum Gasteiger partial charge on any atom is -0.448 e. The molecule has 240 valence electrons. The first-order valence-electron chi connectivity index (χ1n) is 15.6. The number of hydrogen-bond acceptors (Lipinski definition) is 8. The molecule has 0 unspecified atom stereocenters. The van der Waals surface area contributed by atoms with Gasteiger partial charge >= 0.3 is 5.97 Å². The van der Waals surface area contributed by atoms with Gasteiger partial charge in [0, 0.05) is 46.6 Å². The minimum atomic E-state index is -0.669. The Hall–Kier alpha value is -4.51. The number of ketones is 1. The van der Waals surface area contributed by atoms with Crippen molar-refractivity contribution in [2.24, 2.45) is 13.0 Å². The summed E-state index contributed by atoms with van der Waals surface area (Å²) in [5.41, 5.74) is 4.66. The van der Waals surface area contributed by atoms with E-state index in [2.05, 4.69) is 0 Å². The van der Waals surface area contributed by atoms with Crippen molar-refractivity contribution in [1.82, 2.24) is 9.88 Å². The first-order chi connectivity index (χ1) is 23.4. The Balaban J connectivity index is 1.18. The van der Waals surface area contributed by atoms with Gasteiger partial charge in [0.2, 0.25) is 5.91 Å². The Morgan fingerprint density at radius 1 is 0.938 bits per heavy atom. The van der Waals surface area contributed by atoms with Crippen LogP contribution in [0, 0.1) is 5.92 Å². The average molecular weight is 691 g/mol. The lowest BCUT2D eigenvalue weighted by Crippen LogP contribution is -2.61. The molecule has 2 aliphatic heterocycles. The quantitative estimate of drug-likeness (QED) is 0.0839. The van der Waals surface area contributed by atoms with E-state index in [4.69, 9.17) is 9.72 Å². The van der Waals surface area contributed by atoms with Crippen molar-refractivity contribution in [2.45, 2.75) is 28.7 Å². The topological polar surface area (TPSA) is 80.5 Å². The monoisotopic (exact) mass is 690 g/mol. The van der Waals surface area contributed by atoms with E-state index in [0.29, 0.717) is 10.7 Å². The molecule has 1 fully saturated rings. The molecule has 3 aromatic carbocycles. The van der Waals surface area contributed by atoms with Gasteiger partial charge in [-0.05, 0) is 16.7 Å². The number of aryl methyl sites for hydroxylation is 1. The molecule has 0 radical (unpaired) electrons. The standard InChI is InChI=1S/C38H32N3O4S3/c1-40-19-17-26(18-20-40)31-23-47-38(39-31)48-32-24-46-36-30(22-29(42)21-25-11-5-2-6-12-25)35(43)41(36)33(32)37(44)45-34(27-13-7-3-8-14-27)28-15-9-4-10-16-28/h2-20,23,30,34,36H,21-22,24H2,1H3/q+1/t30-,36-/m1/s1. The maximum Gasteiger partial charge on any atom is 0.356 e. The maximum atomic E-state index is 14.3. The first kappa shape index (κ1) is 32.1. The Morgan fingerprint density at radius 2 is 1.56 bits per heavy atom. The molecule has 48 heavy (non-hydrogen) atoms. The van der Waals surface area contributed by atoms with Gasteiger partial charge < -0.3 is 4.74 Å². The van der Waals surface area contributed by atoms with Crippen molar-refractivity contribution in [2.75, 3.05) is 5.75 Å². The van der Waals surface area contributed by atoms with Crippen molar-refractivity contribution < 1.29 is 23.7 Å². The van der Waals surface area contributed by atoms with Gasteiger partial charge in [0.15, 0.2) is 22.8 Å². The smallest absolute Gasteiger partial charge is 0.356 e. The lowest BCUT2D eigenvalue weighted by molar-refractivity contribution is -0.671. The van der Waals surface area contributed by atoms with Gasteiger partial charge in [-0.1, -0.05) is 103 Å². The van der Waals surface area contributed by atoms with E-state index in [1.807, 2.05) is 133 Å². The molecular formula is C38H32N3O4S3+. The number of rotatable bonds is 11. The minimum absolute atomic E-state index is 0.00566. The molecule has 7 nitrogen and oxygen atoms in total. The van der Waals surface area contributed by atoms with E-state index in [-0.39, 0.29) is 35.6 Å². The lowest BCUT2D eigenvalue weighted by Gasteiger charge is -2.49. The number of esters is 1. The number of aromatic nitrogens is 2.